The second-order valence-electron chi connectivity index (χ2n) is 5.67. The number of hydrogen-bond donors (Lipinski definition) is 1. The van der Waals surface area contributed by atoms with Crippen LogP contribution in [0.1, 0.15) is 11.3 Å². The number of carbonyl (C=O) groups excluding carboxylic acids is 1. The Balaban J connectivity index is 1.76. The van der Waals surface area contributed by atoms with Gasteiger partial charge in [0.05, 0.1) is 25.9 Å². The lowest BCUT2D eigenvalue weighted by atomic mass is 10.0. The van der Waals surface area contributed by atoms with E-state index in [-0.39, 0.29) is 11.9 Å². The predicted octanol–water partition coefficient (Wildman–Crippen LogP) is 1.63. The fourth-order valence-corrected chi connectivity index (χ4v) is 2.88. The Morgan fingerprint density at radius 3 is 2.83 bits per heavy atom. The number of carbonyl (C=O) groups is 1. The van der Waals surface area contributed by atoms with Crippen molar-refractivity contribution in [3.8, 4) is 5.88 Å². The summed E-state index contributed by atoms with van der Waals surface area (Å²) in [6, 6.07) is 16.0. The average molecular weight is 311 g/mol. The number of hydrogen-bond acceptors (Lipinski definition) is 4. The fraction of sp³-hybridized carbons (Fsp3) is 0.333. The van der Waals surface area contributed by atoms with Gasteiger partial charge in [-0.3, -0.25) is 4.79 Å². The minimum Gasteiger partial charge on any atom is -0.481 e. The molecule has 0 radical (unpaired) electrons. The van der Waals surface area contributed by atoms with E-state index < -0.39 is 0 Å². The van der Waals surface area contributed by atoms with E-state index in [9.17, 15) is 4.79 Å². The number of nitrogens with one attached hydrogen (secondary N) is 1. The van der Waals surface area contributed by atoms with Crippen LogP contribution in [0.15, 0.2) is 48.5 Å². The van der Waals surface area contributed by atoms with E-state index >= 15 is 0 Å². The summed E-state index contributed by atoms with van der Waals surface area (Å²) in [5.74, 6) is 0.687. The molecular weight excluding hydrogens is 290 g/mol. The standard InChI is InChI=1S/C18H21N3O2/c1-23-17-9-5-8-15(20-17)13-21-16(11-19-12-18(21)22)10-14-6-3-2-4-7-14/h2-9,16,19H,10-13H2,1H3. The summed E-state index contributed by atoms with van der Waals surface area (Å²) in [5, 5.41) is 3.21. The van der Waals surface area contributed by atoms with Crippen molar-refractivity contribution in [3.63, 3.8) is 0 Å². The molecule has 1 aliphatic heterocycles. The maximum absolute atomic E-state index is 12.4. The van der Waals surface area contributed by atoms with Crippen LogP contribution in [0, 0.1) is 0 Å². The van der Waals surface area contributed by atoms with Crippen LogP contribution in [0.25, 0.3) is 0 Å². The third-order valence-corrected chi connectivity index (χ3v) is 4.05. The molecule has 1 fully saturated rings. The Morgan fingerprint density at radius 2 is 2.04 bits per heavy atom. The molecule has 1 amide bonds. The van der Waals surface area contributed by atoms with Crippen LogP contribution in [-0.4, -0.2) is 42.0 Å². The van der Waals surface area contributed by atoms with E-state index in [0.29, 0.717) is 19.0 Å². The highest BCUT2D eigenvalue weighted by molar-refractivity contribution is 5.79. The second-order valence-corrected chi connectivity index (χ2v) is 5.67. The van der Waals surface area contributed by atoms with Gasteiger partial charge < -0.3 is 15.0 Å². The van der Waals surface area contributed by atoms with Gasteiger partial charge in [0.25, 0.3) is 0 Å². The van der Waals surface area contributed by atoms with Gasteiger partial charge in [0.2, 0.25) is 11.8 Å². The maximum Gasteiger partial charge on any atom is 0.237 e. The zero-order valence-corrected chi connectivity index (χ0v) is 13.2. The van der Waals surface area contributed by atoms with E-state index in [1.165, 1.54) is 5.56 Å². The number of aromatic nitrogens is 1. The van der Waals surface area contributed by atoms with Crippen LogP contribution in [0.2, 0.25) is 0 Å². The second kappa shape index (κ2) is 7.24. The van der Waals surface area contributed by atoms with Crippen molar-refractivity contribution in [1.29, 1.82) is 0 Å². The molecular formula is C18H21N3O2. The summed E-state index contributed by atoms with van der Waals surface area (Å²) in [6.07, 6.45) is 0.837. The van der Waals surface area contributed by atoms with Crippen LogP contribution >= 0.6 is 0 Å². The lowest BCUT2D eigenvalue weighted by Crippen LogP contribution is -2.55. The van der Waals surface area contributed by atoms with Crippen LogP contribution in [0.5, 0.6) is 5.88 Å². The molecule has 0 spiro atoms. The Bertz CT molecular complexity index is 660. The molecule has 1 aliphatic rings. The Kier molecular flexibility index (Phi) is 4.88. The molecule has 5 heteroatoms. The van der Waals surface area contributed by atoms with Crippen LogP contribution in [0.4, 0.5) is 0 Å². The normalized spacial score (nSPS) is 18.0. The van der Waals surface area contributed by atoms with Crippen LogP contribution in [0.3, 0.4) is 0 Å². The highest BCUT2D eigenvalue weighted by Crippen LogP contribution is 2.16. The zero-order valence-electron chi connectivity index (χ0n) is 13.2. The number of benzene rings is 1. The van der Waals surface area contributed by atoms with Gasteiger partial charge in [0, 0.05) is 18.7 Å². The number of methoxy groups -OCH3 is 1. The van der Waals surface area contributed by atoms with Crippen molar-refractivity contribution in [3.05, 3.63) is 59.8 Å². The molecule has 2 heterocycles. The van der Waals surface area contributed by atoms with Crippen molar-refractivity contribution in [2.45, 2.75) is 19.0 Å². The first-order chi connectivity index (χ1) is 11.3. The fourth-order valence-electron chi connectivity index (χ4n) is 2.88. The number of amides is 1. The van der Waals surface area contributed by atoms with Gasteiger partial charge >= 0.3 is 0 Å². The highest BCUT2D eigenvalue weighted by atomic mass is 16.5. The number of pyridine rings is 1. The smallest absolute Gasteiger partial charge is 0.237 e. The molecule has 120 valence electrons. The molecule has 0 aliphatic carbocycles. The lowest BCUT2D eigenvalue weighted by molar-refractivity contribution is -0.135. The molecule has 1 atom stereocenters. The summed E-state index contributed by atoms with van der Waals surface area (Å²) >= 11 is 0. The highest BCUT2D eigenvalue weighted by Gasteiger charge is 2.28. The molecule has 1 aromatic carbocycles. The summed E-state index contributed by atoms with van der Waals surface area (Å²) in [6.45, 7) is 1.69. The summed E-state index contributed by atoms with van der Waals surface area (Å²) in [4.78, 5) is 18.7. The third-order valence-electron chi connectivity index (χ3n) is 4.05. The number of piperazine rings is 1. The molecule has 1 aromatic heterocycles. The quantitative estimate of drug-likeness (QED) is 0.912. The lowest BCUT2D eigenvalue weighted by Gasteiger charge is -2.36. The zero-order chi connectivity index (χ0) is 16.1. The summed E-state index contributed by atoms with van der Waals surface area (Å²) in [5.41, 5.74) is 2.08. The largest absolute Gasteiger partial charge is 0.481 e. The van der Waals surface area contributed by atoms with E-state index in [4.69, 9.17) is 4.74 Å². The van der Waals surface area contributed by atoms with Crippen molar-refractivity contribution in [1.82, 2.24) is 15.2 Å². The average Bonchev–Trinajstić information content (AvgIpc) is 2.59. The number of nitrogens with zero attached hydrogens (tertiary/aromatic N) is 2. The van der Waals surface area contributed by atoms with E-state index in [1.807, 2.05) is 41.3 Å². The van der Waals surface area contributed by atoms with Crippen LogP contribution < -0.4 is 10.1 Å². The van der Waals surface area contributed by atoms with Gasteiger partial charge in [0.1, 0.15) is 0 Å². The van der Waals surface area contributed by atoms with E-state index in [2.05, 4.69) is 22.4 Å². The monoisotopic (exact) mass is 311 g/mol. The van der Waals surface area contributed by atoms with Gasteiger partial charge in [-0.2, -0.15) is 0 Å². The van der Waals surface area contributed by atoms with Gasteiger partial charge in [-0.15, -0.1) is 0 Å². The Hall–Kier alpha value is -2.40. The Morgan fingerprint density at radius 1 is 1.22 bits per heavy atom. The van der Waals surface area contributed by atoms with Crippen molar-refractivity contribution >= 4 is 5.91 Å². The first-order valence-electron chi connectivity index (χ1n) is 7.80. The van der Waals surface area contributed by atoms with Crippen molar-refractivity contribution in [2.24, 2.45) is 0 Å². The molecule has 1 N–H and O–H groups in total. The van der Waals surface area contributed by atoms with E-state index in [0.717, 1.165) is 18.7 Å². The SMILES string of the molecule is COc1cccc(CN2C(=O)CNCC2Cc2ccccc2)n1. The number of ether oxygens (including phenoxy) is 1. The predicted molar refractivity (Wildman–Crippen MR) is 88.1 cm³/mol. The van der Waals surface area contributed by atoms with Crippen molar-refractivity contribution in [2.75, 3.05) is 20.2 Å². The summed E-state index contributed by atoms with van der Waals surface area (Å²) in [7, 11) is 1.60. The topological polar surface area (TPSA) is 54.5 Å². The van der Waals surface area contributed by atoms with Gasteiger partial charge in [-0.25, -0.2) is 4.98 Å². The first-order valence-corrected chi connectivity index (χ1v) is 7.80. The molecule has 0 bridgehead atoms. The minimum absolute atomic E-state index is 0.113. The molecule has 1 unspecified atom stereocenters. The van der Waals surface area contributed by atoms with Gasteiger partial charge in [-0.05, 0) is 18.1 Å². The molecule has 5 nitrogen and oxygen atoms in total. The maximum atomic E-state index is 12.4. The molecule has 3 rings (SSSR count). The molecule has 1 saturated heterocycles. The third kappa shape index (κ3) is 3.87. The van der Waals surface area contributed by atoms with Gasteiger partial charge in [-0.1, -0.05) is 36.4 Å². The van der Waals surface area contributed by atoms with Gasteiger partial charge in [0.15, 0.2) is 0 Å². The Labute approximate surface area is 136 Å². The first kappa shape index (κ1) is 15.5. The molecule has 0 saturated carbocycles. The van der Waals surface area contributed by atoms with Crippen LogP contribution in [-0.2, 0) is 17.8 Å². The molecule has 23 heavy (non-hydrogen) atoms. The van der Waals surface area contributed by atoms with E-state index in [1.54, 1.807) is 7.11 Å². The summed E-state index contributed by atoms with van der Waals surface area (Å²) < 4.78 is 5.17. The van der Waals surface area contributed by atoms with Crippen molar-refractivity contribution < 1.29 is 9.53 Å². The minimum atomic E-state index is 0.113. The molecule has 2 aromatic rings. The number of rotatable bonds is 5.